The van der Waals surface area contributed by atoms with Gasteiger partial charge >= 0.3 is 0 Å². The smallest absolute Gasteiger partial charge is 0.0751 e. The zero-order valence-corrected chi connectivity index (χ0v) is 29.8. The number of hydrogen-bond acceptors (Lipinski definition) is 2. The number of nitrogens with zero attached hydrogens (tertiary/aromatic N) is 1. The molecule has 0 bridgehead atoms. The van der Waals surface area contributed by atoms with Gasteiger partial charge in [-0.2, -0.15) is 0 Å². The van der Waals surface area contributed by atoms with Crippen molar-refractivity contribution in [2.24, 2.45) is 0 Å². The molecule has 0 amide bonds. The summed E-state index contributed by atoms with van der Waals surface area (Å²) < 4.78 is 2.47. The Labute approximate surface area is 311 Å². The van der Waals surface area contributed by atoms with Crippen LogP contribution in [-0.2, 0) is 5.41 Å². The van der Waals surface area contributed by atoms with Gasteiger partial charge in [0.1, 0.15) is 0 Å². The maximum Gasteiger partial charge on any atom is 0.0751 e. The van der Waals surface area contributed by atoms with Crippen LogP contribution < -0.4 is 0 Å². The first-order valence-corrected chi connectivity index (χ1v) is 19.4. The minimum absolute atomic E-state index is 0.536. The van der Waals surface area contributed by atoms with Crippen molar-refractivity contribution in [2.75, 3.05) is 0 Å². The molecule has 0 radical (unpaired) electrons. The monoisotopic (exact) mass is 697 g/mol. The van der Waals surface area contributed by atoms with E-state index in [9.17, 15) is 0 Å². The summed E-state index contributed by atoms with van der Waals surface area (Å²) in [5.74, 6) is 0. The van der Waals surface area contributed by atoms with Crippen LogP contribution in [0.15, 0.2) is 208 Å². The van der Waals surface area contributed by atoms with Crippen LogP contribution in [0.5, 0.6) is 0 Å². The average molecular weight is 698 g/mol. The molecule has 1 spiro atoms. The fraction of sp³-hybridized carbons (Fsp3) is 0.0204. The zero-order valence-electron chi connectivity index (χ0n) is 28.2. The van der Waals surface area contributed by atoms with Gasteiger partial charge in [0, 0.05) is 41.6 Å². The molecule has 0 saturated carbocycles. The first-order chi connectivity index (χ1) is 25.8. The second kappa shape index (κ2) is 11.6. The van der Waals surface area contributed by atoms with Crippen molar-refractivity contribution in [2.45, 2.75) is 25.0 Å². The lowest BCUT2D eigenvalue weighted by molar-refractivity contribution is 0.669. The molecule has 0 saturated heterocycles. The molecule has 9 aromatic rings. The van der Waals surface area contributed by atoms with Gasteiger partial charge in [-0.25, -0.2) is 0 Å². The highest BCUT2D eigenvalue weighted by molar-refractivity contribution is 8.00. The van der Waals surface area contributed by atoms with Crippen molar-refractivity contribution in [1.29, 1.82) is 0 Å². The Morgan fingerprint density at radius 1 is 0.385 bits per heavy atom. The van der Waals surface area contributed by atoms with Gasteiger partial charge in [0.25, 0.3) is 0 Å². The molecule has 8 aromatic carbocycles. The van der Waals surface area contributed by atoms with E-state index in [1.165, 1.54) is 91.6 Å². The molecule has 1 nitrogen and oxygen atoms in total. The topological polar surface area (TPSA) is 4.93 Å². The Morgan fingerprint density at radius 2 is 0.962 bits per heavy atom. The van der Waals surface area contributed by atoms with E-state index in [1.807, 2.05) is 23.5 Å². The van der Waals surface area contributed by atoms with Gasteiger partial charge in [-0.3, -0.25) is 0 Å². The number of fused-ring (bicyclic) bond motifs is 11. The maximum atomic E-state index is 2.47. The van der Waals surface area contributed by atoms with E-state index >= 15 is 0 Å². The van der Waals surface area contributed by atoms with Crippen LogP contribution in [0.25, 0.3) is 49.7 Å². The van der Waals surface area contributed by atoms with Crippen molar-refractivity contribution in [3.05, 3.63) is 210 Å². The zero-order chi connectivity index (χ0) is 34.2. The summed E-state index contributed by atoms with van der Waals surface area (Å²) in [6, 6.07) is 69.8. The van der Waals surface area contributed by atoms with Crippen LogP contribution in [0.2, 0.25) is 0 Å². The van der Waals surface area contributed by atoms with Crippen LogP contribution >= 0.6 is 23.5 Å². The SMILES string of the molecule is c1ccc(-c2ccc3c(c2)Sc2ccccc2C32c3ccccc3Sc3cccc(-c4cccc5c6ccccc6n(-c6ccccc6)c45)c32)cc1. The Balaban J connectivity index is 1.29. The van der Waals surface area contributed by atoms with Gasteiger partial charge in [-0.1, -0.05) is 169 Å². The summed E-state index contributed by atoms with van der Waals surface area (Å²) >= 11 is 3.81. The largest absolute Gasteiger partial charge is 0.309 e. The van der Waals surface area contributed by atoms with Crippen molar-refractivity contribution in [1.82, 2.24) is 4.57 Å². The normalized spacial score (nSPS) is 15.6. The molecule has 2 aliphatic heterocycles. The maximum absolute atomic E-state index is 2.47. The third kappa shape index (κ3) is 4.21. The molecule has 2 aliphatic rings. The fourth-order valence-electron chi connectivity index (χ4n) is 8.84. The standard InChI is InChI=1S/C49H31NS2/c1-3-15-32(16-4-1)33-29-30-41-46(31-33)52-44-27-12-9-24-40(44)49(41)39-23-8-11-26-43(39)51-45-28-14-20-36(47(45)49)38-22-13-21-37-35-19-7-10-25-42(35)50(48(37)38)34-17-5-2-6-18-34/h1-31H. The number of hydrogen-bond donors (Lipinski definition) is 0. The highest BCUT2D eigenvalue weighted by Gasteiger charge is 2.50. The first-order valence-electron chi connectivity index (χ1n) is 17.8. The van der Waals surface area contributed by atoms with Crippen molar-refractivity contribution in [3.8, 4) is 27.9 Å². The molecule has 1 aromatic heterocycles. The van der Waals surface area contributed by atoms with Gasteiger partial charge in [0.2, 0.25) is 0 Å². The minimum Gasteiger partial charge on any atom is -0.309 e. The quantitative estimate of drug-likeness (QED) is 0.181. The lowest BCUT2D eigenvalue weighted by atomic mass is 9.62. The molecular formula is C49H31NS2. The number of rotatable bonds is 3. The van der Waals surface area contributed by atoms with Gasteiger partial charge < -0.3 is 4.57 Å². The van der Waals surface area contributed by atoms with Crippen LogP contribution in [0.3, 0.4) is 0 Å². The van der Waals surface area contributed by atoms with Crippen LogP contribution in [-0.4, -0.2) is 4.57 Å². The van der Waals surface area contributed by atoms with Gasteiger partial charge in [0.05, 0.1) is 16.4 Å². The van der Waals surface area contributed by atoms with Gasteiger partial charge in [-0.05, 0) is 81.4 Å². The molecule has 3 heterocycles. The van der Waals surface area contributed by atoms with E-state index in [-0.39, 0.29) is 0 Å². The van der Waals surface area contributed by atoms with Crippen LogP contribution in [0.4, 0.5) is 0 Å². The lowest BCUT2D eigenvalue weighted by Crippen LogP contribution is -2.37. The van der Waals surface area contributed by atoms with Crippen molar-refractivity contribution in [3.63, 3.8) is 0 Å². The van der Waals surface area contributed by atoms with E-state index < -0.39 is 5.41 Å². The summed E-state index contributed by atoms with van der Waals surface area (Å²) in [6.07, 6.45) is 0. The number of benzene rings is 8. The van der Waals surface area contributed by atoms with E-state index in [2.05, 4.69) is 193 Å². The summed E-state index contributed by atoms with van der Waals surface area (Å²) in [5, 5.41) is 2.53. The summed E-state index contributed by atoms with van der Waals surface area (Å²) in [5.41, 5.74) is 13.5. The number of para-hydroxylation sites is 3. The van der Waals surface area contributed by atoms with E-state index in [1.54, 1.807) is 0 Å². The Hall–Kier alpha value is -5.74. The van der Waals surface area contributed by atoms with Gasteiger partial charge in [-0.15, -0.1) is 0 Å². The highest BCUT2D eigenvalue weighted by Crippen LogP contribution is 2.63. The summed E-state index contributed by atoms with van der Waals surface area (Å²) in [6.45, 7) is 0. The Bertz CT molecular complexity index is 2840. The fourth-order valence-corrected chi connectivity index (χ4v) is 11.3. The van der Waals surface area contributed by atoms with E-state index in [0.717, 1.165) is 0 Å². The van der Waals surface area contributed by atoms with Crippen molar-refractivity contribution < 1.29 is 0 Å². The molecule has 0 N–H and O–H groups in total. The average Bonchev–Trinajstić information content (AvgIpc) is 3.56. The van der Waals surface area contributed by atoms with Crippen LogP contribution in [0.1, 0.15) is 22.3 Å². The van der Waals surface area contributed by atoms with E-state index in [4.69, 9.17) is 0 Å². The molecular weight excluding hydrogens is 667 g/mol. The molecule has 52 heavy (non-hydrogen) atoms. The molecule has 1 atom stereocenters. The minimum atomic E-state index is -0.536. The summed E-state index contributed by atoms with van der Waals surface area (Å²) in [7, 11) is 0. The second-order valence-corrected chi connectivity index (χ2v) is 15.8. The predicted octanol–water partition coefficient (Wildman–Crippen LogP) is 13.4. The van der Waals surface area contributed by atoms with Crippen LogP contribution in [0, 0.1) is 0 Å². The molecule has 0 fully saturated rings. The Kier molecular flexibility index (Phi) is 6.70. The van der Waals surface area contributed by atoms with E-state index in [0.29, 0.717) is 0 Å². The van der Waals surface area contributed by atoms with Crippen molar-refractivity contribution >= 4 is 45.3 Å². The molecule has 11 rings (SSSR count). The Morgan fingerprint density at radius 3 is 1.75 bits per heavy atom. The molecule has 244 valence electrons. The third-order valence-corrected chi connectivity index (χ3v) is 13.2. The number of aromatic nitrogens is 1. The predicted molar refractivity (Wildman–Crippen MR) is 218 cm³/mol. The lowest BCUT2D eigenvalue weighted by Gasteiger charge is -2.46. The second-order valence-electron chi connectivity index (χ2n) is 13.6. The third-order valence-electron chi connectivity index (χ3n) is 10.9. The van der Waals surface area contributed by atoms with Gasteiger partial charge in [0.15, 0.2) is 0 Å². The molecule has 3 heteroatoms. The molecule has 0 aliphatic carbocycles. The first kappa shape index (κ1) is 29.9. The highest BCUT2D eigenvalue weighted by atomic mass is 32.2. The molecule has 1 unspecified atom stereocenters. The summed E-state index contributed by atoms with van der Waals surface area (Å²) in [4.78, 5) is 5.22.